The average molecular weight is 854 g/mol. The number of carbonyl (C=O) groups is 3. The van der Waals surface area contributed by atoms with Crippen LogP contribution in [0.25, 0.3) is 0 Å². The van der Waals surface area contributed by atoms with Crippen LogP contribution in [0.1, 0.15) is 113 Å². The van der Waals surface area contributed by atoms with Crippen molar-refractivity contribution in [3.05, 3.63) is 162 Å². The van der Waals surface area contributed by atoms with E-state index in [4.69, 9.17) is 4.98 Å². The van der Waals surface area contributed by atoms with Gasteiger partial charge in [-0.2, -0.15) is 0 Å². The van der Waals surface area contributed by atoms with Crippen molar-refractivity contribution in [3.63, 3.8) is 0 Å². The summed E-state index contributed by atoms with van der Waals surface area (Å²) in [5.74, 6) is -0.475. The third-order valence-electron chi connectivity index (χ3n) is 12.9. The minimum Gasteiger partial charge on any atom is -0.390 e. The van der Waals surface area contributed by atoms with Crippen LogP contribution in [-0.2, 0) is 26.5 Å². The number of amides is 3. The van der Waals surface area contributed by atoms with Crippen molar-refractivity contribution in [1.82, 2.24) is 24.3 Å². The van der Waals surface area contributed by atoms with Crippen LogP contribution in [0, 0.1) is 11.8 Å². The number of nitrogens with zero attached hydrogens (tertiary/aromatic N) is 5. The first-order valence-electron chi connectivity index (χ1n) is 22.8. The summed E-state index contributed by atoms with van der Waals surface area (Å²) in [7, 11) is 3.33. The Hall–Kier alpha value is -5.58. The van der Waals surface area contributed by atoms with Gasteiger partial charge in [0.2, 0.25) is 17.7 Å². The number of aromatic nitrogens is 2. The van der Waals surface area contributed by atoms with Crippen LogP contribution >= 0.6 is 0 Å². The van der Waals surface area contributed by atoms with E-state index in [9.17, 15) is 24.6 Å². The second-order valence-corrected chi connectivity index (χ2v) is 18.0. The zero-order valence-corrected chi connectivity index (χ0v) is 37.8. The van der Waals surface area contributed by atoms with Gasteiger partial charge in [0.1, 0.15) is 18.2 Å². The summed E-state index contributed by atoms with van der Waals surface area (Å²) >= 11 is 0. The Morgan fingerprint density at radius 3 is 1.68 bits per heavy atom. The number of aliphatic hydroxyl groups is 2. The van der Waals surface area contributed by atoms with Crippen LogP contribution in [0.4, 0.5) is 0 Å². The molecule has 10 nitrogen and oxygen atoms in total. The number of hydrogen-bond acceptors (Lipinski definition) is 6. The molecule has 1 aliphatic carbocycles. The average Bonchev–Trinajstić information content (AvgIpc) is 3.78. The van der Waals surface area contributed by atoms with Gasteiger partial charge in [0.05, 0.1) is 36.8 Å². The highest BCUT2D eigenvalue weighted by Gasteiger charge is 2.40. The Labute approximate surface area is 374 Å². The number of carbonyl (C=O) groups excluding carboxylic acids is 3. The molecule has 4 aromatic carbocycles. The van der Waals surface area contributed by atoms with E-state index >= 15 is 0 Å². The zero-order chi connectivity index (χ0) is 44.9. The molecule has 1 aromatic heterocycles. The summed E-state index contributed by atoms with van der Waals surface area (Å²) in [6.07, 6.45) is 7.42. The summed E-state index contributed by atoms with van der Waals surface area (Å²) < 4.78 is 2.11. The third kappa shape index (κ3) is 11.5. The summed E-state index contributed by atoms with van der Waals surface area (Å²) in [5.41, 5.74) is 3.75. The van der Waals surface area contributed by atoms with Crippen LogP contribution in [0.5, 0.6) is 0 Å². The van der Waals surface area contributed by atoms with Crippen molar-refractivity contribution in [2.75, 3.05) is 20.6 Å². The topological polar surface area (TPSA) is 119 Å². The summed E-state index contributed by atoms with van der Waals surface area (Å²) in [6.45, 7) is 5.84. The lowest BCUT2D eigenvalue weighted by Crippen LogP contribution is -2.52. The lowest BCUT2D eigenvalue weighted by atomic mass is 9.77. The van der Waals surface area contributed by atoms with Crippen LogP contribution < -0.4 is 0 Å². The molecule has 10 heteroatoms. The molecule has 63 heavy (non-hydrogen) atoms. The molecule has 1 saturated carbocycles. The molecule has 0 bridgehead atoms. The van der Waals surface area contributed by atoms with Crippen molar-refractivity contribution < 1.29 is 24.6 Å². The fraction of sp³-hybridized carbons (Fsp3) is 0.434. The molecule has 0 aliphatic heterocycles. The number of aliphatic hydroxyl groups excluding tert-OH is 2. The highest BCUT2D eigenvalue weighted by atomic mass is 16.3. The number of benzene rings is 4. The van der Waals surface area contributed by atoms with Gasteiger partial charge in [-0.05, 0) is 53.9 Å². The zero-order valence-electron chi connectivity index (χ0n) is 37.8. The van der Waals surface area contributed by atoms with Crippen molar-refractivity contribution in [1.29, 1.82) is 0 Å². The predicted octanol–water partition coefficient (Wildman–Crippen LogP) is 8.62. The SMILES string of the molecule is CC(C)C[C@H](O)[C@H](O)[C@H](CC1CCCCC1)N(Cc1cn(C(c2ccccc2)(c2ccccc2)c2ccccc2)cn1)C(=O)CCC(=O)N(CC(=O)N(C)C)[C@@H](C)c1ccccc1. The molecule has 5 aromatic rings. The van der Waals surface area contributed by atoms with Crippen molar-refractivity contribution in [2.45, 2.75) is 115 Å². The number of rotatable bonds is 20. The fourth-order valence-electron chi connectivity index (χ4n) is 9.41. The first-order valence-corrected chi connectivity index (χ1v) is 22.8. The normalized spacial score (nSPS) is 15.3. The molecule has 1 heterocycles. The van der Waals surface area contributed by atoms with E-state index in [0.29, 0.717) is 18.5 Å². The third-order valence-corrected chi connectivity index (χ3v) is 12.9. The first-order chi connectivity index (χ1) is 30.4. The van der Waals surface area contributed by atoms with Gasteiger partial charge in [-0.25, -0.2) is 4.98 Å². The molecule has 4 atom stereocenters. The van der Waals surface area contributed by atoms with Gasteiger partial charge in [-0.1, -0.05) is 167 Å². The molecule has 1 aliphatic rings. The Balaban J connectivity index is 1.40. The van der Waals surface area contributed by atoms with Crippen LogP contribution in [0.15, 0.2) is 134 Å². The highest BCUT2D eigenvalue weighted by Crippen LogP contribution is 2.41. The summed E-state index contributed by atoms with van der Waals surface area (Å²) in [6, 6.07) is 39.4. The Morgan fingerprint density at radius 1 is 0.698 bits per heavy atom. The molecule has 3 amide bonds. The molecule has 6 rings (SSSR count). The van der Waals surface area contributed by atoms with Gasteiger partial charge >= 0.3 is 0 Å². The Kier molecular flexibility index (Phi) is 16.5. The number of imidazole rings is 1. The minimum atomic E-state index is -1.22. The van der Waals surface area contributed by atoms with E-state index in [1.807, 2.05) is 118 Å². The van der Waals surface area contributed by atoms with Gasteiger partial charge in [-0.15, -0.1) is 0 Å². The molecule has 0 radical (unpaired) electrons. The monoisotopic (exact) mass is 854 g/mol. The van der Waals surface area contributed by atoms with Crippen LogP contribution in [-0.4, -0.2) is 91.1 Å². The van der Waals surface area contributed by atoms with Crippen molar-refractivity contribution in [3.8, 4) is 0 Å². The molecular weight excluding hydrogens is 787 g/mol. The van der Waals surface area contributed by atoms with E-state index in [1.165, 1.54) is 4.90 Å². The van der Waals surface area contributed by atoms with Gasteiger partial charge in [0.25, 0.3) is 0 Å². The molecule has 0 saturated heterocycles. The minimum absolute atomic E-state index is 0.0561. The quantitative estimate of drug-likeness (QED) is 0.0758. The largest absolute Gasteiger partial charge is 0.390 e. The van der Waals surface area contributed by atoms with Crippen molar-refractivity contribution >= 4 is 17.7 Å². The number of hydrogen-bond donors (Lipinski definition) is 2. The van der Waals surface area contributed by atoms with Gasteiger partial charge in [0.15, 0.2) is 0 Å². The van der Waals surface area contributed by atoms with Crippen LogP contribution in [0.2, 0.25) is 0 Å². The lowest BCUT2D eigenvalue weighted by molar-refractivity contribution is -0.145. The first kappa shape index (κ1) is 46.9. The Morgan fingerprint density at radius 2 is 1.19 bits per heavy atom. The Bertz CT molecular complexity index is 2080. The maximum Gasteiger partial charge on any atom is 0.241 e. The fourth-order valence-corrected chi connectivity index (χ4v) is 9.41. The van der Waals surface area contributed by atoms with Gasteiger partial charge < -0.3 is 29.5 Å². The predicted molar refractivity (Wildman–Crippen MR) is 248 cm³/mol. The summed E-state index contributed by atoms with van der Waals surface area (Å²) in [4.78, 5) is 52.0. The van der Waals surface area contributed by atoms with E-state index < -0.39 is 29.8 Å². The molecule has 0 spiro atoms. The molecular formula is C53H67N5O5. The summed E-state index contributed by atoms with van der Waals surface area (Å²) in [5, 5.41) is 23.7. The van der Waals surface area contributed by atoms with Gasteiger partial charge in [0, 0.05) is 33.1 Å². The van der Waals surface area contributed by atoms with E-state index in [-0.39, 0.29) is 55.5 Å². The second kappa shape index (κ2) is 22.2. The molecule has 1 fully saturated rings. The van der Waals surface area contributed by atoms with E-state index in [1.54, 1.807) is 23.9 Å². The molecule has 2 N–H and O–H groups in total. The highest BCUT2D eigenvalue weighted by molar-refractivity contribution is 5.87. The lowest BCUT2D eigenvalue weighted by Gasteiger charge is -2.40. The second-order valence-electron chi connectivity index (χ2n) is 18.0. The van der Waals surface area contributed by atoms with Crippen LogP contribution in [0.3, 0.4) is 0 Å². The van der Waals surface area contributed by atoms with E-state index in [2.05, 4.69) is 41.0 Å². The van der Waals surface area contributed by atoms with E-state index in [0.717, 1.165) is 54.4 Å². The van der Waals surface area contributed by atoms with Crippen molar-refractivity contribution in [2.24, 2.45) is 11.8 Å². The maximum atomic E-state index is 15.0. The standard InChI is InChI=1S/C53H67N5O5/c1-39(2)33-48(59)52(63)47(34-41-21-11-6-12-22-41)58(50(61)32-31-49(60)57(37-51(62)55(4)5)40(3)42-23-13-7-14-24-42)36-46-35-56(38-54-46)53(43-25-15-8-16-26-43,44-27-17-9-18-28-44)45-29-19-10-20-30-45/h7-10,13-20,23-30,35,38-41,47-48,52,59,63H,6,11-12,21-22,31-34,36-37H2,1-5H3/t40-,47-,48-,52+/m0/s1. The molecule has 334 valence electrons. The molecule has 0 unspecified atom stereocenters. The van der Waals surface area contributed by atoms with Gasteiger partial charge in [-0.3, -0.25) is 14.4 Å². The maximum absolute atomic E-state index is 15.0. The smallest absolute Gasteiger partial charge is 0.241 e. The number of likely N-dealkylation sites (N-methyl/N-ethyl adjacent to an activating group) is 1.